The number of nitrogens with zero attached hydrogens (tertiary/aromatic N) is 4. The van der Waals surface area contributed by atoms with Crippen LogP contribution in [0.3, 0.4) is 0 Å². The van der Waals surface area contributed by atoms with E-state index in [0.29, 0.717) is 17.6 Å². The van der Waals surface area contributed by atoms with Crippen LogP contribution in [-0.4, -0.2) is 86.4 Å². The average molecular weight is 633 g/mol. The smallest absolute Gasteiger partial charge is 0.263 e. The number of sulfonamides is 1. The molecule has 0 aromatic heterocycles. The number of halogens is 5. The molecule has 2 N–H and O–H groups in total. The van der Waals surface area contributed by atoms with Gasteiger partial charge in [0.2, 0.25) is 16.0 Å². The minimum atomic E-state index is -4.93. The van der Waals surface area contributed by atoms with Crippen molar-refractivity contribution >= 4 is 28.1 Å². The number of amides is 1. The molecule has 4 rings (SSSR count). The van der Waals surface area contributed by atoms with Crippen LogP contribution in [-0.2, 0) is 14.8 Å². The zero-order valence-corrected chi connectivity index (χ0v) is 25.5. The first-order valence-electron chi connectivity index (χ1n) is 14.2. The molecule has 0 aromatic rings. The van der Waals surface area contributed by atoms with Gasteiger partial charge in [0.15, 0.2) is 17.8 Å². The van der Waals surface area contributed by atoms with E-state index in [0.717, 1.165) is 32.6 Å². The highest BCUT2D eigenvalue weighted by Crippen LogP contribution is 2.40. The van der Waals surface area contributed by atoms with Crippen molar-refractivity contribution < 1.29 is 35.2 Å². The molecule has 0 spiro atoms. The number of guanidine groups is 1. The number of rotatable bonds is 8. The maximum Gasteiger partial charge on any atom is 0.263 e. The molecule has 4 aliphatic rings. The average Bonchev–Trinajstić information content (AvgIpc) is 2.92. The molecule has 1 saturated carbocycles. The Morgan fingerprint density at radius 2 is 1.77 bits per heavy atom. The van der Waals surface area contributed by atoms with Crippen LogP contribution < -0.4 is 10.0 Å². The van der Waals surface area contributed by atoms with Crippen LogP contribution in [0.2, 0.25) is 0 Å². The molecular formula is C28H37F5N6O3S. The number of carbonyl (C=O) groups is 1. The van der Waals surface area contributed by atoms with Crippen molar-refractivity contribution in [3.63, 3.8) is 0 Å². The van der Waals surface area contributed by atoms with Crippen LogP contribution in [0, 0.1) is 0 Å². The molecule has 1 fully saturated rings. The fourth-order valence-corrected chi connectivity index (χ4v) is 6.88. The molecule has 1 atom stereocenters. The van der Waals surface area contributed by atoms with Crippen LogP contribution in [0.1, 0.15) is 59.3 Å². The van der Waals surface area contributed by atoms with Crippen molar-refractivity contribution in [2.24, 2.45) is 9.98 Å². The number of fused-ring (bicyclic) bond motifs is 1. The maximum atomic E-state index is 15.3. The van der Waals surface area contributed by atoms with Gasteiger partial charge < -0.3 is 15.1 Å². The molecule has 1 unspecified atom stereocenters. The summed E-state index contributed by atoms with van der Waals surface area (Å²) in [6, 6.07) is 0.206. The second-order valence-electron chi connectivity index (χ2n) is 11.7. The van der Waals surface area contributed by atoms with Crippen molar-refractivity contribution in [3.8, 4) is 0 Å². The SMILES string of the molecule is CCC(F)(F)CS(=O)(=O)NC1=C(F)CC(=C2C=C3C=NC(NC4CCC(N(C)C)CC4)=NC3N(C(C)C)C2=O)C(F)=C1F. The second kappa shape index (κ2) is 12.5. The van der Waals surface area contributed by atoms with Gasteiger partial charge in [-0.25, -0.2) is 40.4 Å². The number of alkyl halides is 2. The second-order valence-corrected chi connectivity index (χ2v) is 13.4. The maximum absolute atomic E-state index is 15.3. The van der Waals surface area contributed by atoms with Gasteiger partial charge in [-0.1, -0.05) is 6.92 Å². The van der Waals surface area contributed by atoms with Gasteiger partial charge in [-0.2, -0.15) is 0 Å². The largest absolute Gasteiger partial charge is 0.352 e. The van der Waals surface area contributed by atoms with E-state index in [1.54, 1.807) is 13.8 Å². The summed E-state index contributed by atoms with van der Waals surface area (Å²) in [7, 11) is -0.826. The van der Waals surface area contributed by atoms with Gasteiger partial charge in [0.1, 0.15) is 17.3 Å². The van der Waals surface area contributed by atoms with Crippen molar-refractivity contribution in [2.45, 2.75) is 89.5 Å². The first-order chi connectivity index (χ1) is 20.0. The van der Waals surface area contributed by atoms with Crippen molar-refractivity contribution in [1.29, 1.82) is 0 Å². The number of hydrogen-bond donors (Lipinski definition) is 2. The molecule has 1 amide bonds. The van der Waals surface area contributed by atoms with Crippen LogP contribution in [0.5, 0.6) is 0 Å². The Kier molecular flexibility index (Phi) is 9.55. The lowest BCUT2D eigenvalue weighted by Gasteiger charge is -2.39. The Bertz CT molecular complexity index is 1440. The van der Waals surface area contributed by atoms with Crippen LogP contribution in [0.15, 0.2) is 56.0 Å². The van der Waals surface area contributed by atoms with Gasteiger partial charge >= 0.3 is 0 Å². The quantitative estimate of drug-likeness (QED) is 0.305. The van der Waals surface area contributed by atoms with Crippen molar-refractivity contribution in [1.82, 2.24) is 19.8 Å². The summed E-state index contributed by atoms with van der Waals surface area (Å²) < 4.78 is 98.5. The molecule has 0 saturated heterocycles. The Balaban J connectivity index is 1.61. The zero-order valence-electron chi connectivity index (χ0n) is 24.7. The minimum absolute atomic E-state index is 0.154. The van der Waals surface area contributed by atoms with Crippen LogP contribution in [0.25, 0.3) is 0 Å². The summed E-state index contributed by atoms with van der Waals surface area (Å²) in [4.78, 5) is 26.2. The van der Waals surface area contributed by atoms with E-state index in [9.17, 15) is 22.0 Å². The van der Waals surface area contributed by atoms with E-state index in [2.05, 4.69) is 34.3 Å². The summed E-state index contributed by atoms with van der Waals surface area (Å²) in [6.45, 7) is 4.48. The Hall–Kier alpha value is -3.07. The minimum Gasteiger partial charge on any atom is -0.352 e. The molecule has 0 bridgehead atoms. The number of hydrogen-bond acceptors (Lipinski definition) is 7. The zero-order chi connectivity index (χ0) is 31.9. The number of carbonyl (C=O) groups excluding carboxylic acids is 1. The topological polar surface area (TPSA) is 106 Å². The van der Waals surface area contributed by atoms with E-state index in [1.807, 2.05) is 0 Å². The van der Waals surface area contributed by atoms with E-state index in [4.69, 9.17) is 0 Å². The summed E-state index contributed by atoms with van der Waals surface area (Å²) in [5.74, 6) is -10.9. The predicted octanol–water partition coefficient (Wildman–Crippen LogP) is 4.39. The van der Waals surface area contributed by atoms with Crippen molar-refractivity contribution in [2.75, 3.05) is 19.8 Å². The molecule has 238 valence electrons. The Morgan fingerprint density at radius 1 is 1.12 bits per heavy atom. The van der Waals surface area contributed by atoms with Gasteiger partial charge in [0.25, 0.3) is 11.8 Å². The molecule has 9 nitrogen and oxygen atoms in total. The summed E-state index contributed by atoms with van der Waals surface area (Å²) in [5.41, 5.74) is -1.99. The van der Waals surface area contributed by atoms with E-state index < -0.39 is 81.4 Å². The fraction of sp³-hybridized carbons (Fsp3) is 0.607. The molecule has 0 aromatic carbocycles. The third-order valence-corrected chi connectivity index (χ3v) is 9.33. The molecule has 15 heteroatoms. The summed E-state index contributed by atoms with van der Waals surface area (Å²) in [6.07, 6.45) is 3.98. The molecule has 2 heterocycles. The first-order valence-corrected chi connectivity index (χ1v) is 15.8. The van der Waals surface area contributed by atoms with Crippen molar-refractivity contribution in [3.05, 3.63) is 46.0 Å². The standard InChI is InChI=1S/C28H37F5N6O3S/c1-6-28(32,33)14-43(41,42)37-24-21(29)12-19(22(30)23(24)31)20-11-16-13-34-27(36-25(16)39(15(2)3)26(20)40)35-17-7-9-18(10-8-17)38(4)5/h11,13,15,17-18,25,37H,6-10,12,14H2,1-5H3,(H,35,36). The molecular weight excluding hydrogens is 595 g/mol. The number of allylic oxidation sites excluding steroid dienone is 4. The molecule has 43 heavy (non-hydrogen) atoms. The monoisotopic (exact) mass is 632 g/mol. The fourth-order valence-electron chi connectivity index (χ4n) is 5.53. The Labute approximate surface area is 248 Å². The van der Waals surface area contributed by atoms with Gasteiger partial charge in [-0.05, 0) is 59.7 Å². The highest BCUT2D eigenvalue weighted by Gasteiger charge is 2.41. The van der Waals surface area contributed by atoms with E-state index in [1.165, 1.54) is 21.9 Å². The van der Waals surface area contributed by atoms with Gasteiger partial charge in [0, 0.05) is 53.9 Å². The van der Waals surface area contributed by atoms with Crippen LogP contribution in [0.4, 0.5) is 22.0 Å². The van der Waals surface area contributed by atoms with Gasteiger partial charge in [-0.15, -0.1) is 0 Å². The van der Waals surface area contributed by atoms with E-state index in [-0.39, 0.29) is 11.6 Å². The normalized spacial score (nSPS) is 27.1. The lowest BCUT2D eigenvalue weighted by Crippen LogP contribution is -2.51. The highest BCUT2D eigenvalue weighted by molar-refractivity contribution is 7.89. The predicted molar refractivity (Wildman–Crippen MR) is 154 cm³/mol. The first kappa shape index (κ1) is 32.8. The van der Waals surface area contributed by atoms with Gasteiger partial charge in [0.05, 0.1) is 0 Å². The van der Waals surface area contributed by atoms with Crippen LogP contribution >= 0.6 is 0 Å². The lowest BCUT2D eigenvalue weighted by atomic mass is 9.90. The molecule has 2 aliphatic carbocycles. The number of nitrogens with one attached hydrogen (secondary N) is 2. The van der Waals surface area contributed by atoms with Gasteiger partial charge in [-0.3, -0.25) is 9.52 Å². The van der Waals surface area contributed by atoms with E-state index >= 15 is 13.2 Å². The lowest BCUT2D eigenvalue weighted by molar-refractivity contribution is -0.130. The molecule has 2 aliphatic heterocycles. The number of aliphatic imine (C=N–C) groups is 2. The summed E-state index contributed by atoms with van der Waals surface area (Å²) >= 11 is 0. The Morgan fingerprint density at radius 3 is 2.35 bits per heavy atom. The molecule has 0 radical (unpaired) electrons. The summed E-state index contributed by atoms with van der Waals surface area (Å²) in [5, 5.41) is 3.34. The third kappa shape index (κ3) is 7.19. The third-order valence-electron chi connectivity index (χ3n) is 8.02. The highest BCUT2D eigenvalue weighted by atomic mass is 32.2.